The molecule has 2 amide bonds. The van der Waals surface area contributed by atoms with Crippen molar-refractivity contribution in [3.05, 3.63) is 58.4 Å². The Hall–Kier alpha value is -3.61. The van der Waals surface area contributed by atoms with Crippen molar-refractivity contribution in [2.75, 3.05) is 40.5 Å². The first kappa shape index (κ1) is 25.5. The van der Waals surface area contributed by atoms with Crippen LogP contribution in [0.4, 0.5) is 0 Å². The number of carbonyl (C=O) groups excluding carboxylic acids is 2. The standard InChI is InChI=1S/C26H28ClN5O4/c1-30(8-4-7-28)25(33)17-5-6-23-21(12-17)19(15-31(23)2)11-20-16-36-10-9-32(20)26(34)18-13-22(27)24(35-3)29-14-18/h5-6,12-15,20H,4,8-11,16H2,1-3H3/t20-/m0/s1. The number of halogens is 1. The summed E-state index contributed by atoms with van der Waals surface area (Å²) >= 11 is 6.20. The molecule has 0 aliphatic carbocycles. The van der Waals surface area contributed by atoms with Crippen LogP contribution in [0.2, 0.25) is 5.02 Å². The lowest BCUT2D eigenvalue weighted by Crippen LogP contribution is -2.49. The Labute approximate surface area is 214 Å². The summed E-state index contributed by atoms with van der Waals surface area (Å²) in [4.78, 5) is 33.7. The van der Waals surface area contributed by atoms with Gasteiger partial charge in [-0.3, -0.25) is 9.59 Å². The predicted octanol–water partition coefficient (Wildman–Crippen LogP) is 3.30. The lowest BCUT2D eigenvalue weighted by Gasteiger charge is -2.35. The molecule has 0 radical (unpaired) electrons. The first-order chi connectivity index (χ1) is 17.3. The Kier molecular flexibility index (Phi) is 7.77. The van der Waals surface area contributed by atoms with Gasteiger partial charge in [0, 0.05) is 56.0 Å². The average Bonchev–Trinajstić information content (AvgIpc) is 3.20. The van der Waals surface area contributed by atoms with Crippen LogP contribution >= 0.6 is 11.6 Å². The molecular weight excluding hydrogens is 482 g/mol. The van der Waals surface area contributed by atoms with E-state index in [0.717, 1.165) is 16.5 Å². The second-order valence-electron chi connectivity index (χ2n) is 8.78. The molecule has 0 spiro atoms. The number of nitriles is 1. The quantitative estimate of drug-likeness (QED) is 0.484. The minimum Gasteiger partial charge on any atom is -0.480 e. The van der Waals surface area contributed by atoms with Crippen LogP contribution in [0.3, 0.4) is 0 Å². The van der Waals surface area contributed by atoms with Gasteiger partial charge in [-0.15, -0.1) is 0 Å². The summed E-state index contributed by atoms with van der Waals surface area (Å²) in [5.41, 5.74) is 2.95. The number of amides is 2. The molecule has 10 heteroatoms. The monoisotopic (exact) mass is 509 g/mol. The van der Waals surface area contributed by atoms with E-state index >= 15 is 0 Å². The first-order valence-electron chi connectivity index (χ1n) is 11.6. The third-order valence-corrected chi connectivity index (χ3v) is 6.69. The summed E-state index contributed by atoms with van der Waals surface area (Å²) in [5, 5.41) is 10.1. The number of methoxy groups -OCH3 is 1. The fourth-order valence-corrected chi connectivity index (χ4v) is 4.76. The zero-order chi connectivity index (χ0) is 25.8. The van der Waals surface area contributed by atoms with Gasteiger partial charge in [0.25, 0.3) is 11.8 Å². The van der Waals surface area contributed by atoms with Crippen LogP contribution in [0.25, 0.3) is 10.9 Å². The van der Waals surface area contributed by atoms with Crippen molar-refractivity contribution >= 4 is 34.3 Å². The predicted molar refractivity (Wildman–Crippen MR) is 135 cm³/mol. The van der Waals surface area contributed by atoms with Crippen LogP contribution < -0.4 is 4.74 Å². The second-order valence-corrected chi connectivity index (χ2v) is 9.19. The summed E-state index contributed by atoms with van der Waals surface area (Å²) in [5.74, 6) is -0.0367. The summed E-state index contributed by atoms with van der Waals surface area (Å²) in [7, 11) is 5.12. The number of morpholine rings is 1. The smallest absolute Gasteiger partial charge is 0.255 e. The van der Waals surface area contributed by atoms with Gasteiger partial charge in [-0.05, 0) is 36.2 Å². The SMILES string of the molecule is COc1ncc(C(=O)N2CCOC[C@@H]2Cc2cn(C)c3ccc(C(=O)N(C)CCC#N)cc23)cc1Cl. The fraction of sp³-hybridized carbons (Fsp3) is 0.385. The van der Waals surface area contributed by atoms with Gasteiger partial charge in [-0.25, -0.2) is 4.98 Å². The third kappa shape index (κ3) is 5.15. The largest absolute Gasteiger partial charge is 0.480 e. The molecule has 188 valence electrons. The maximum atomic E-state index is 13.4. The molecule has 0 saturated carbocycles. The number of carbonyl (C=O) groups is 2. The lowest BCUT2D eigenvalue weighted by molar-refractivity contribution is -0.00158. The normalized spacial score (nSPS) is 15.5. The van der Waals surface area contributed by atoms with Gasteiger partial charge in [0.1, 0.15) is 5.02 Å². The number of pyridine rings is 1. The Morgan fingerprint density at radius 2 is 2.14 bits per heavy atom. The number of aryl methyl sites for hydroxylation is 1. The molecule has 1 atom stereocenters. The molecule has 4 rings (SSSR count). The maximum absolute atomic E-state index is 13.4. The highest BCUT2D eigenvalue weighted by Crippen LogP contribution is 2.27. The van der Waals surface area contributed by atoms with Crippen molar-refractivity contribution in [2.45, 2.75) is 18.9 Å². The number of hydrogen-bond donors (Lipinski definition) is 0. The van der Waals surface area contributed by atoms with E-state index in [2.05, 4.69) is 11.1 Å². The minimum atomic E-state index is -0.199. The first-order valence-corrected chi connectivity index (χ1v) is 12.0. The van der Waals surface area contributed by atoms with Crippen molar-refractivity contribution < 1.29 is 19.1 Å². The summed E-state index contributed by atoms with van der Waals surface area (Å²) < 4.78 is 12.8. The van der Waals surface area contributed by atoms with Gasteiger partial charge < -0.3 is 23.8 Å². The van der Waals surface area contributed by atoms with E-state index in [1.54, 1.807) is 29.0 Å². The zero-order valence-corrected chi connectivity index (χ0v) is 21.3. The molecule has 1 fully saturated rings. The average molecular weight is 510 g/mol. The minimum absolute atomic E-state index is 0.136. The summed E-state index contributed by atoms with van der Waals surface area (Å²) in [6.07, 6.45) is 4.34. The van der Waals surface area contributed by atoms with E-state index in [-0.39, 0.29) is 35.2 Å². The summed E-state index contributed by atoms with van der Waals surface area (Å²) in [6, 6.07) is 9.06. The highest BCUT2D eigenvalue weighted by molar-refractivity contribution is 6.32. The maximum Gasteiger partial charge on any atom is 0.255 e. The molecule has 3 heterocycles. The molecule has 0 unspecified atom stereocenters. The van der Waals surface area contributed by atoms with Crippen LogP contribution in [0.15, 0.2) is 36.7 Å². The Bertz CT molecular complexity index is 1330. The zero-order valence-electron chi connectivity index (χ0n) is 20.5. The van der Waals surface area contributed by atoms with Gasteiger partial charge in [0.15, 0.2) is 0 Å². The van der Waals surface area contributed by atoms with Crippen molar-refractivity contribution in [1.82, 2.24) is 19.4 Å². The number of hydrogen-bond acceptors (Lipinski definition) is 6. The van der Waals surface area contributed by atoms with E-state index in [9.17, 15) is 9.59 Å². The molecule has 0 bridgehead atoms. The van der Waals surface area contributed by atoms with Crippen LogP contribution in [-0.2, 0) is 18.2 Å². The molecule has 1 aliphatic heterocycles. The van der Waals surface area contributed by atoms with E-state index in [1.165, 1.54) is 13.3 Å². The molecule has 1 aliphatic rings. The van der Waals surface area contributed by atoms with Gasteiger partial charge in [-0.2, -0.15) is 5.26 Å². The van der Waals surface area contributed by atoms with E-state index in [0.29, 0.717) is 43.9 Å². The molecule has 1 aromatic carbocycles. The highest BCUT2D eigenvalue weighted by Gasteiger charge is 2.30. The number of fused-ring (bicyclic) bond motifs is 1. The lowest BCUT2D eigenvalue weighted by atomic mass is 10.0. The Balaban J connectivity index is 1.61. The van der Waals surface area contributed by atoms with Crippen LogP contribution in [0.5, 0.6) is 5.88 Å². The van der Waals surface area contributed by atoms with Crippen molar-refractivity contribution in [2.24, 2.45) is 7.05 Å². The highest BCUT2D eigenvalue weighted by atomic mass is 35.5. The van der Waals surface area contributed by atoms with Gasteiger partial charge >= 0.3 is 0 Å². The molecule has 9 nitrogen and oxygen atoms in total. The van der Waals surface area contributed by atoms with Gasteiger partial charge in [0.05, 0.1) is 44.4 Å². The van der Waals surface area contributed by atoms with E-state index < -0.39 is 0 Å². The third-order valence-electron chi connectivity index (χ3n) is 6.42. The second kappa shape index (κ2) is 11.0. The van der Waals surface area contributed by atoms with Gasteiger partial charge in [-0.1, -0.05) is 11.6 Å². The number of ether oxygens (including phenoxy) is 2. The van der Waals surface area contributed by atoms with Crippen molar-refractivity contribution in [3.8, 4) is 11.9 Å². The molecular formula is C26H28ClN5O4. The molecule has 2 aromatic heterocycles. The molecule has 36 heavy (non-hydrogen) atoms. The molecule has 1 saturated heterocycles. The van der Waals surface area contributed by atoms with Crippen LogP contribution in [-0.4, -0.2) is 77.7 Å². The van der Waals surface area contributed by atoms with Gasteiger partial charge in [0.2, 0.25) is 5.88 Å². The topological polar surface area (TPSA) is 101 Å². The van der Waals surface area contributed by atoms with E-state index in [1.807, 2.05) is 29.9 Å². The van der Waals surface area contributed by atoms with Crippen molar-refractivity contribution in [3.63, 3.8) is 0 Å². The van der Waals surface area contributed by atoms with E-state index in [4.69, 9.17) is 26.3 Å². The molecule has 0 N–H and O–H groups in total. The number of rotatable bonds is 7. The number of nitrogens with zero attached hydrogens (tertiary/aromatic N) is 5. The number of aromatic nitrogens is 2. The number of benzene rings is 1. The Morgan fingerprint density at radius 3 is 2.86 bits per heavy atom. The van der Waals surface area contributed by atoms with Crippen LogP contribution in [0.1, 0.15) is 32.7 Å². The fourth-order valence-electron chi connectivity index (χ4n) is 4.51. The Morgan fingerprint density at radius 1 is 1.33 bits per heavy atom. The van der Waals surface area contributed by atoms with Crippen LogP contribution in [0, 0.1) is 11.3 Å². The van der Waals surface area contributed by atoms with Crippen molar-refractivity contribution in [1.29, 1.82) is 5.26 Å². The summed E-state index contributed by atoms with van der Waals surface area (Å²) in [6.45, 7) is 1.67. The molecule has 3 aromatic rings.